The Hall–Kier alpha value is -3.26. The van der Waals surface area contributed by atoms with Gasteiger partial charge in [0, 0.05) is 12.7 Å². The number of hydrogen-bond acceptors (Lipinski definition) is 5. The summed E-state index contributed by atoms with van der Waals surface area (Å²) in [5.74, 6) is 0.148. The summed E-state index contributed by atoms with van der Waals surface area (Å²) >= 11 is 1.61. The smallest absolute Gasteiger partial charge is 0.256 e. The Labute approximate surface area is 171 Å². The molecular formula is C21H19FN4O2S. The van der Waals surface area contributed by atoms with Crippen molar-refractivity contribution in [1.29, 1.82) is 0 Å². The third kappa shape index (κ3) is 4.43. The number of nitrogens with one attached hydrogen (secondary N) is 1. The van der Waals surface area contributed by atoms with Crippen LogP contribution in [0.25, 0.3) is 16.2 Å². The zero-order chi connectivity index (χ0) is 20.1. The zero-order valence-electron chi connectivity index (χ0n) is 15.5. The van der Waals surface area contributed by atoms with Crippen molar-refractivity contribution in [2.45, 2.75) is 12.8 Å². The third-order valence-electron chi connectivity index (χ3n) is 4.36. The molecule has 0 radical (unpaired) electrons. The number of hydrogen-bond donors (Lipinski definition) is 1. The van der Waals surface area contributed by atoms with Crippen molar-refractivity contribution in [2.24, 2.45) is 0 Å². The molecule has 0 unspecified atom stereocenters. The van der Waals surface area contributed by atoms with Gasteiger partial charge in [0.25, 0.3) is 5.91 Å². The first-order valence-electron chi connectivity index (χ1n) is 9.25. The Morgan fingerprint density at radius 3 is 2.83 bits per heavy atom. The minimum atomic E-state index is -0.287. The first-order chi connectivity index (χ1) is 14.2. The van der Waals surface area contributed by atoms with E-state index in [9.17, 15) is 9.18 Å². The summed E-state index contributed by atoms with van der Waals surface area (Å²) in [6.45, 7) is 1.03. The second kappa shape index (κ2) is 8.83. The summed E-state index contributed by atoms with van der Waals surface area (Å²) in [5.41, 5.74) is 1.89. The van der Waals surface area contributed by atoms with Crippen LogP contribution in [0.15, 0.2) is 60.2 Å². The van der Waals surface area contributed by atoms with E-state index < -0.39 is 0 Å². The number of nitrogens with zero attached hydrogens (tertiary/aromatic N) is 3. The predicted octanol–water partition coefficient (Wildman–Crippen LogP) is 4.19. The molecule has 0 saturated carbocycles. The number of ether oxygens (including phenoxy) is 1. The van der Waals surface area contributed by atoms with Crippen LogP contribution in [0.4, 0.5) is 4.39 Å². The Kier molecular flexibility index (Phi) is 5.81. The molecule has 29 heavy (non-hydrogen) atoms. The number of halogens is 1. The highest BCUT2D eigenvalue weighted by Crippen LogP contribution is 2.25. The topological polar surface area (TPSA) is 68.5 Å². The summed E-state index contributed by atoms with van der Waals surface area (Å²) in [6.07, 6.45) is 4.77. The highest BCUT2D eigenvalue weighted by atomic mass is 32.1. The molecule has 8 heteroatoms. The van der Waals surface area contributed by atoms with E-state index in [2.05, 4.69) is 15.4 Å². The molecule has 3 heterocycles. The molecule has 0 atom stereocenters. The number of carbonyl (C=O) groups is 1. The first kappa shape index (κ1) is 19.1. The van der Waals surface area contributed by atoms with Crippen molar-refractivity contribution in [2.75, 3.05) is 13.2 Å². The fraction of sp³-hybridized carbons (Fsp3) is 0.190. The highest BCUT2D eigenvalue weighted by Gasteiger charge is 2.16. The van der Waals surface area contributed by atoms with Crippen LogP contribution in [-0.4, -0.2) is 33.7 Å². The minimum absolute atomic E-state index is 0.199. The van der Waals surface area contributed by atoms with Crippen molar-refractivity contribution in [1.82, 2.24) is 19.9 Å². The molecule has 4 aromatic rings. The molecule has 0 aliphatic carbocycles. The van der Waals surface area contributed by atoms with Gasteiger partial charge in [-0.2, -0.15) is 5.10 Å². The largest absolute Gasteiger partial charge is 0.494 e. The monoisotopic (exact) mass is 410 g/mol. The van der Waals surface area contributed by atoms with Gasteiger partial charge in [0.2, 0.25) is 0 Å². The Bertz CT molecular complexity index is 1090. The van der Waals surface area contributed by atoms with Crippen molar-refractivity contribution >= 4 is 22.9 Å². The SMILES string of the molecule is O=C(NCCCCOc1ccc(F)cc1)c1cnn2c(-c3cccs3)ccnc12. The van der Waals surface area contributed by atoms with Crippen LogP contribution in [0, 0.1) is 5.82 Å². The molecule has 0 aliphatic rings. The van der Waals surface area contributed by atoms with Gasteiger partial charge in [0.05, 0.1) is 23.4 Å². The van der Waals surface area contributed by atoms with E-state index in [1.807, 2.05) is 23.6 Å². The summed E-state index contributed by atoms with van der Waals surface area (Å²) in [7, 11) is 0. The summed E-state index contributed by atoms with van der Waals surface area (Å²) in [4.78, 5) is 17.9. The molecule has 1 aromatic carbocycles. The van der Waals surface area contributed by atoms with Crippen LogP contribution in [0.5, 0.6) is 5.75 Å². The molecule has 0 aliphatic heterocycles. The second-order valence-electron chi connectivity index (χ2n) is 6.37. The predicted molar refractivity (Wildman–Crippen MR) is 110 cm³/mol. The average Bonchev–Trinajstić information content (AvgIpc) is 3.41. The number of thiophene rings is 1. The van der Waals surface area contributed by atoms with Gasteiger partial charge in [0.15, 0.2) is 5.65 Å². The molecule has 0 spiro atoms. The third-order valence-corrected chi connectivity index (χ3v) is 5.25. The van der Waals surface area contributed by atoms with Crippen molar-refractivity contribution < 1.29 is 13.9 Å². The normalized spacial score (nSPS) is 10.9. The number of carbonyl (C=O) groups excluding carboxylic acids is 1. The summed E-state index contributed by atoms with van der Waals surface area (Å²) in [5, 5.41) is 9.25. The average molecular weight is 410 g/mol. The quantitative estimate of drug-likeness (QED) is 0.443. The van der Waals surface area contributed by atoms with E-state index in [0.717, 1.165) is 23.4 Å². The molecule has 148 valence electrons. The van der Waals surface area contributed by atoms with Crippen LogP contribution in [0.3, 0.4) is 0 Å². The van der Waals surface area contributed by atoms with E-state index in [4.69, 9.17) is 4.74 Å². The molecule has 4 rings (SSSR count). The second-order valence-corrected chi connectivity index (χ2v) is 7.31. The lowest BCUT2D eigenvalue weighted by Gasteiger charge is -2.07. The maximum Gasteiger partial charge on any atom is 0.256 e. The van der Waals surface area contributed by atoms with Gasteiger partial charge in [-0.3, -0.25) is 4.79 Å². The van der Waals surface area contributed by atoms with Gasteiger partial charge in [-0.05, 0) is 54.6 Å². The summed E-state index contributed by atoms with van der Waals surface area (Å²) < 4.78 is 20.1. The van der Waals surface area contributed by atoms with Crippen LogP contribution in [-0.2, 0) is 0 Å². The minimum Gasteiger partial charge on any atom is -0.494 e. The van der Waals surface area contributed by atoms with Crippen molar-refractivity contribution in [3.05, 3.63) is 71.6 Å². The lowest BCUT2D eigenvalue weighted by molar-refractivity contribution is 0.0953. The maximum absolute atomic E-state index is 12.9. The highest BCUT2D eigenvalue weighted by molar-refractivity contribution is 7.13. The molecular weight excluding hydrogens is 391 g/mol. The van der Waals surface area contributed by atoms with Gasteiger partial charge in [-0.15, -0.1) is 11.3 Å². The molecule has 1 amide bonds. The first-order valence-corrected chi connectivity index (χ1v) is 10.1. The Morgan fingerprint density at radius 1 is 1.17 bits per heavy atom. The van der Waals surface area contributed by atoms with E-state index in [1.54, 1.807) is 40.4 Å². The number of fused-ring (bicyclic) bond motifs is 1. The maximum atomic E-state index is 12.9. The van der Waals surface area contributed by atoms with Crippen LogP contribution < -0.4 is 10.1 Å². The molecule has 1 N–H and O–H groups in total. The van der Waals surface area contributed by atoms with Crippen molar-refractivity contribution in [3.63, 3.8) is 0 Å². The lowest BCUT2D eigenvalue weighted by Crippen LogP contribution is -2.24. The standard InChI is InChI=1S/C21H19FN4O2S/c22-15-5-7-16(8-6-15)28-12-2-1-10-24-21(27)17-14-25-26-18(9-11-23-20(17)26)19-4-3-13-29-19/h3-9,11,13-14H,1-2,10,12H2,(H,24,27). The van der Waals surface area contributed by atoms with Crippen LogP contribution >= 0.6 is 11.3 Å². The van der Waals surface area contributed by atoms with E-state index in [1.165, 1.54) is 12.1 Å². The Morgan fingerprint density at radius 2 is 2.03 bits per heavy atom. The molecule has 0 bridgehead atoms. The number of amides is 1. The lowest BCUT2D eigenvalue weighted by atomic mass is 10.2. The molecule has 6 nitrogen and oxygen atoms in total. The Balaban J connectivity index is 1.29. The van der Waals surface area contributed by atoms with E-state index >= 15 is 0 Å². The fourth-order valence-corrected chi connectivity index (χ4v) is 3.64. The van der Waals surface area contributed by atoms with Gasteiger partial charge in [0.1, 0.15) is 17.1 Å². The summed E-state index contributed by atoms with van der Waals surface area (Å²) in [6, 6.07) is 11.8. The van der Waals surface area contributed by atoms with Gasteiger partial charge < -0.3 is 10.1 Å². The van der Waals surface area contributed by atoms with Gasteiger partial charge in [-0.1, -0.05) is 6.07 Å². The fourth-order valence-electron chi connectivity index (χ4n) is 2.91. The van der Waals surface area contributed by atoms with Crippen LogP contribution in [0.1, 0.15) is 23.2 Å². The van der Waals surface area contributed by atoms with E-state index in [0.29, 0.717) is 30.1 Å². The van der Waals surface area contributed by atoms with Crippen molar-refractivity contribution in [3.8, 4) is 16.3 Å². The molecule has 3 aromatic heterocycles. The van der Waals surface area contributed by atoms with E-state index in [-0.39, 0.29) is 11.7 Å². The number of unbranched alkanes of at least 4 members (excludes halogenated alkanes) is 1. The van der Waals surface area contributed by atoms with Gasteiger partial charge >= 0.3 is 0 Å². The number of rotatable bonds is 8. The van der Waals surface area contributed by atoms with Crippen LogP contribution in [0.2, 0.25) is 0 Å². The van der Waals surface area contributed by atoms with Gasteiger partial charge in [-0.25, -0.2) is 13.9 Å². The number of benzene rings is 1. The number of aromatic nitrogens is 3. The molecule has 0 saturated heterocycles. The molecule has 0 fully saturated rings. The zero-order valence-corrected chi connectivity index (χ0v) is 16.4.